The van der Waals surface area contributed by atoms with E-state index >= 15 is 0 Å². The normalized spacial score (nSPS) is 13.9. The second-order valence-corrected chi connectivity index (χ2v) is 5.78. The van der Waals surface area contributed by atoms with Crippen LogP contribution in [0.25, 0.3) is 0 Å². The highest BCUT2D eigenvalue weighted by Gasteiger charge is 2.25. The maximum absolute atomic E-state index is 12.4. The lowest BCUT2D eigenvalue weighted by Gasteiger charge is -2.14. The third-order valence-electron chi connectivity index (χ3n) is 2.68. The molecule has 0 aliphatic rings. The van der Waals surface area contributed by atoms with Gasteiger partial charge in [-0.25, -0.2) is 0 Å². The first-order chi connectivity index (χ1) is 8.70. The van der Waals surface area contributed by atoms with E-state index in [1.807, 2.05) is 60.7 Å². The fourth-order valence-electron chi connectivity index (χ4n) is 1.70. The van der Waals surface area contributed by atoms with Gasteiger partial charge in [0.1, 0.15) is 0 Å². The van der Waals surface area contributed by atoms with Crippen molar-refractivity contribution in [3.05, 3.63) is 71.8 Å². The number of hydrogen-bond donors (Lipinski definition) is 0. The van der Waals surface area contributed by atoms with Crippen molar-refractivity contribution >= 4 is 37.6 Å². The zero-order valence-corrected chi connectivity index (χ0v) is 12.8. The Balaban J connectivity index is 2.17. The van der Waals surface area contributed by atoms with Crippen molar-refractivity contribution in [3.8, 4) is 0 Å². The third kappa shape index (κ3) is 3.09. The molecule has 2 aromatic carbocycles. The van der Waals surface area contributed by atoms with Crippen molar-refractivity contribution in [2.75, 3.05) is 0 Å². The molecule has 2 aromatic rings. The van der Waals surface area contributed by atoms with Gasteiger partial charge in [-0.05, 0) is 11.1 Å². The maximum atomic E-state index is 12.4. The SMILES string of the molecule is O=C([C@H](Br)c1ccccc1)[C@H](Br)c1ccccc1. The van der Waals surface area contributed by atoms with Crippen LogP contribution in [-0.4, -0.2) is 5.78 Å². The van der Waals surface area contributed by atoms with Crippen LogP contribution < -0.4 is 0 Å². The van der Waals surface area contributed by atoms with Gasteiger partial charge in [0.25, 0.3) is 0 Å². The molecule has 0 N–H and O–H groups in total. The van der Waals surface area contributed by atoms with Gasteiger partial charge in [0.05, 0.1) is 9.65 Å². The van der Waals surface area contributed by atoms with Crippen LogP contribution in [0.1, 0.15) is 20.8 Å². The standard InChI is InChI=1S/C15H12Br2O/c16-13(11-7-3-1-4-8-11)15(18)14(17)12-9-5-2-6-10-12/h1-10,13-14H/t13-,14-/m1/s1. The quantitative estimate of drug-likeness (QED) is 0.707. The molecule has 0 spiro atoms. The minimum atomic E-state index is -0.289. The molecule has 0 aromatic heterocycles. The third-order valence-corrected chi connectivity index (χ3v) is 4.64. The summed E-state index contributed by atoms with van der Waals surface area (Å²) in [5, 5.41) is 0. The fourth-order valence-corrected chi connectivity index (χ4v) is 3.19. The minimum absolute atomic E-state index is 0.104. The molecule has 0 heterocycles. The van der Waals surface area contributed by atoms with E-state index in [0.29, 0.717) is 0 Å². The van der Waals surface area contributed by atoms with Gasteiger partial charge in [0.15, 0.2) is 5.78 Å². The predicted molar refractivity (Wildman–Crippen MR) is 81.2 cm³/mol. The van der Waals surface area contributed by atoms with Crippen LogP contribution in [0.3, 0.4) is 0 Å². The van der Waals surface area contributed by atoms with Gasteiger partial charge >= 0.3 is 0 Å². The maximum Gasteiger partial charge on any atom is 0.168 e. The number of carbonyl (C=O) groups is 1. The monoisotopic (exact) mass is 366 g/mol. The topological polar surface area (TPSA) is 17.1 Å². The summed E-state index contributed by atoms with van der Waals surface area (Å²) >= 11 is 6.94. The van der Waals surface area contributed by atoms with E-state index < -0.39 is 0 Å². The first kappa shape index (κ1) is 13.5. The molecule has 0 aliphatic heterocycles. The van der Waals surface area contributed by atoms with Gasteiger partial charge in [-0.1, -0.05) is 92.5 Å². The molecular weight excluding hydrogens is 356 g/mol. The minimum Gasteiger partial charge on any atom is -0.296 e. The molecule has 0 amide bonds. The molecular formula is C15H12Br2O. The molecule has 0 aliphatic carbocycles. The average molecular weight is 368 g/mol. The summed E-state index contributed by atoms with van der Waals surface area (Å²) in [5.74, 6) is 0.104. The molecule has 0 saturated carbocycles. The Morgan fingerprint density at radius 2 is 1.06 bits per heavy atom. The van der Waals surface area contributed by atoms with Crippen LogP contribution in [0.15, 0.2) is 60.7 Å². The highest BCUT2D eigenvalue weighted by Crippen LogP contribution is 2.34. The number of halogens is 2. The van der Waals surface area contributed by atoms with Crippen LogP contribution in [-0.2, 0) is 4.79 Å². The van der Waals surface area contributed by atoms with Crippen LogP contribution >= 0.6 is 31.9 Å². The number of ketones is 1. The zero-order chi connectivity index (χ0) is 13.0. The molecule has 1 nitrogen and oxygen atoms in total. The molecule has 0 bridgehead atoms. The predicted octanol–water partition coefficient (Wildman–Crippen LogP) is 4.83. The molecule has 18 heavy (non-hydrogen) atoms. The van der Waals surface area contributed by atoms with Gasteiger partial charge < -0.3 is 0 Å². The molecule has 0 saturated heterocycles. The molecule has 0 radical (unpaired) electrons. The van der Waals surface area contributed by atoms with Gasteiger partial charge in [0.2, 0.25) is 0 Å². The summed E-state index contributed by atoms with van der Waals surface area (Å²) in [6.07, 6.45) is 0. The number of carbonyl (C=O) groups excluding carboxylic acids is 1. The lowest BCUT2D eigenvalue weighted by Crippen LogP contribution is -2.12. The lowest BCUT2D eigenvalue weighted by molar-refractivity contribution is -0.118. The van der Waals surface area contributed by atoms with Crippen molar-refractivity contribution in [2.45, 2.75) is 9.65 Å². The smallest absolute Gasteiger partial charge is 0.168 e. The highest BCUT2D eigenvalue weighted by molar-refractivity contribution is 9.10. The highest BCUT2D eigenvalue weighted by atomic mass is 79.9. The van der Waals surface area contributed by atoms with Crippen molar-refractivity contribution in [1.29, 1.82) is 0 Å². The summed E-state index contributed by atoms with van der Waals surface area (Å²) in [6.45, 7) is 0. The van der Waals surface area contributed by atoms with Crippen molar-refractivity contribution < 1.29 is 4.79 Å². The number of hydrogen-bond acceptors (Lipinski definition) is 1. The van der Waals surface area contributed by atoms with E-state index in [2.05, 4.69) is 31.9 Å². The molecule has 2 atom stereocenters. The number of Topliss-reactive ketones (excluding diaryl/α,β-unsaturated/α-hetero) is 1. The van der Waals surface area contributed by atoms with Gasteiger partial charge in [-0.2, -0.15) is 0 Å². The Kier molecular flexibility index (Phi) is 4.72. The second-order valence-electron chi connectivity index (χ2n) is 3.95. The van der Waals surface area contributed by atoms with Gasteiger partial charge in [-0.15, -0.1) is 0 Å². The molecule has 0 unspecified atom stereocenters. The number of benzene rings is 2. The van der Waals surface area contributed by atoms with E-state index in [1.54, 1.807) is 0 Å². The van der Waals surface area contributed by atoms with Crippen LogP contribution in [0.5, 0.6) is 0 Å². The Morgan fingerprint density at radius 1 is 0.722 bits per heavy atom. The molecule has 0 fully saturated rings. The molecule has 2 rings (SSSR count). The van der Waals surface area contributed by atoms with Crippen LogP contribution in [0.2, 0.25) is 0 Å². The number of alkyl halides is 2. The first-order valence-corrected chi connectivity index (χ1v) is 7.45. The first-order valence-electron chi connectivity index (χ1n) is 5.62. The Bertz CT molecular complexity index is 463. The molecule has 92 valence electrons. The van der Waals surface area contributed by atoms with Gasteiger partial charge in [0, 0.05) is 0 Å². The summed E-state index contributed by atoms with van der Waals surface area (Å²) in [6, 6.07) is 19.4. The summed E-state index contributed by atoms with van der Waals surface area (Å²) in [7, 11) is 0. The Labute approximate surface area is 123 Å². The van der Waals surface area contributed by atoms with Crippen molar-refractivity contribution in [3.63, 3.8) is 0 Å². The van der Waals surface area contributed by atoms with Crippen molar-refractivity contribution in [1.82, 2.24) is 0 Å². The van der Waals surface area contributed by atoms with E-state index in [4.69, 9.17) is 0 Å². The zero-order valence-electron chi connectivity index (χ0n) is 9.59. The molecule has 3 heteroatoms. The largest absolute Gasteiger partial charge is 0.296 e. The summed E-state index contributed by atoms with van der Waals surface area (Å²) in [4.78, 5) is 11.8. The van der Waals surface area contributed by atoms with Crippen LogP contribution in [0, 0.1) is 0 Å². The van der Waals surface area contributed by atoms with E-state index in [-0.39, 0.29) is 15.4 Å². The second kappa shape index (κ2) is 6.30. The van der Waals surface area contributed by atoms with E-state index in [9.17, 15) is 4.79 Å². The Hall–Kier alpha value is -0.930. The average Bonchev–Trinajstić information content (AvgIpc) is 2.47. The van der Waals surface area contributed by atoms with Gasteiger partial charge in [-0.3, -0.25) is 4.79 Å². The van der Waals surface area contributed by atoms with Crippen LogP contribution in [0.4, 0.5) is 0 Å². The summed E-state index contributed by atoms with van der Waals surface area (Å²) in [5.41, 5.74) is 1.95. The van der Waals surface area contributed by atoms with E-state index in [1.165, 1.54) is 0 Å². The lowest BCUT2D eigenvalue weighted by atomic mass is 10.0. The number of rotatable bonds is 4. The van der Waals surface area contributed by atoms with Crippen molar-refractivity contribution in [2.24, 2.45) is 0 Å². The fraction of sp³-hybridized carbons (Fsp3) is 0.133. The Morgan fingerprint density at radius 3 is 1.39 bits per heavy atom. The van der Waals surface area contributed by atoms with E-state index in [0.717, 1.165) is 11.1 Å². The summed E-state index contributed by atoms with van der Waals surface area (Å²) < 4.78 is 0.